The zero-order chi connectivity index (χ0) is 19.1. The summed E-state index contributed by atoms with van der Waals surface area (Å²) in [7, 11) is -1.72. The van der Waals surface area contributed by atoms with Crippen molar-refractivity contribution in [1.82, 2.24) is 9.66 Å². The maximum atomic E-state index is 13.5. The molecule has 11 heteroatoms. The lowest BCUT2D eigenvalue weighted by Gasteiger charge is -2.26. The van der Waals surface area contributed by atoms with Crippen molar-refractivity contribution in [2.75, 3.05) is 17.7 Å². The molecule has 0 aliphatic carbocycles. The fraction of sp³-hybridized carbons (Fsp3) is 0.467. The van der Waals surface area contributed by atoms with Gasteiger partial charge >= 0.3 is 11.9 Å². The molecule has 1 saturated heterocycles. The van der Waals surface area contributed by atoms with Gasteiger partial charge in [-0.25, -0.2) is 13.8 Å². The van der Waals surface area contributed by atoms with Gasteiger partial charge in [0.15, 0.2) is 0 Å². The first-order valence-corrected chi connectivity index (χ1v) is 9.36. The molecule has 26 heavy (non-hydrogen) atoms. The quantitative estimate of drug-likeness (QED) is 0.834. The first kappa shape index (κ1) is 18.6. The fourth-order valence-corrected chi connectivity index (χ4v) is 3.41. The number of benzene rings is 1. The molecular formula is C15H16F3N3O4S. The minimum Gasteiger partial charge on any atom is -0.374 e. The summed E-state index contributed by atoms with van der Waals surface area (Å²) >= 11 is 0. The standard InChI is InChI=1S/C15H16F3N3O4S/c1-26(24)20-21-13(22)9-6-8(12-4-2-3-5-25-12)10(15(16,17)18)7-11(9)19-14(21)23/h6-7,12,20H,2-5H2,1H3,(H,19,23). The molecule has 0 spiro atoms. The molecule has 1 aliphatic heterocycles. The van der Waals surface area contributed by atoms with Crippen LogP contribution in [-0.4, -0.2) is 26.7 Å². The molecule has 2 aromatic rings. The SMILES string of the molecule is CS(=O)Nn1c(=O)[nH]c2cc(C(F)(F)F)c(C3CCCCO3)cc2c1=O. The second kappa shape index (κ2) is 6.88. The van der Waals surface area contributed by atoms with E-state index in [4.69, 9.17) is 4.74 Å². The van der Waals surface area contributed by atoms with Gasteiger partial charge in [0.1, 0.15) is 11.0 Å². The number of fused-ring (bicyclic) bond motifs is 1. The van der Waals surface area contributed by atoms with Gasteiger partial charge in [-0.15, -0.1) is 0 Å². The number of nitrogens with one attached hydrogen (secondary N) is 2. The minimum atomic E-state index is -4.67. The number of aromatic nitrogens is 2. The Morgan fingerprint density at radius 3 is 2.62 bits per heavy atom. The number of hydrogen-bond donors (Lipinski definition) is 2. The zero-order valence-corrected chi connectivity index (χ0v) is 14.5. The first-order valence-electron chi connectivity index (χ1n) is 7.80. The van der Waals surface area contributed by atoms with Gasteiger partial charge in [0.25, 0.3) is 5.56 Å². The molecule has 2 heterocycles. The Morgan fingerprint density at radius 1 is 1.31 bits per heavy atom. The van der Waals surface area contributed by atoms with Crippen molar-refractivity contribution < 1.29 is 22.1 Å². The van der Waals surface area contributed by atoms with Crippen LogP contribution < -0.4 is 16.1 Å². The molecule has 0 radical (unpaired) electrons. The number of ether oxygens (including phenoxy) is 1. The lowest BCUT2D eigenvalue weighted by molar-refractivity contribution is -0.139. The van der Waals surface area contributed by atoms with Crippen LogP contribution in [0.1, 0.15) is 36.5 Å². The molecule has 3 rings (SSSR count). The van der Waals surface area contributed by atoms with E-state index >= 15 is 0 Å². The van der Waals surface area contributed by atoms with Crippen LogP contribution in [0.15, 0.2) is 21.7 Å². The van der Waals surface area contributed by atoms with Crippen molar-refractivity contribution in [3.63, 3.8) is 0 Å². The third-order valence-electron chi connectivity index (χ3n) is 4.12. The van der Waals surface area contributed by atoms with E-state index in [1.54, 1.807) is 0 Å². The van der Waals surface area contributed by atoms with Crippen molar-refractivity contribution in [1.29, 1.82) is 0 Å². The maximum absolute atomic E-state index is 13.5. The summed E-state index contributed by atoms with van der Waals surface area (Å²) in [6.07, 6.45) is -2.35. The Morgan fingerprint density at radius 2 is 2.04 bits per heavy atom. The topological polar surface area (TPSA) is 93.2 Å². The molecule has 2 N–H and O–H groups in total. The number of nitrogens with zero attached hydrogens (tertiary/aromatic N) is 1. The van der Waals surface area contributed by atoms with Gasteiger partial charge in [0, 0.05) is 12.9 Å². The third kappa shape index (κ3) is 3.54. The van der Waals surface area contributed by atoms with Crippen molar-refractivity contribution >= 4 is 21.9 Å². The van der Waals surface area contributed by atoms with E-state index in [-0.39, 0.29) is 16.5 Å². The van der Waals surface area contributed by atoms with E-state index in [9.17, 15) is 27.0 Å². The van der Waals surface area contributed by atoms with Gasteiger partial charge in [-0.2, -0.15) is 17.8 Å². The predicted molar refractivity (Wildman–Crippen MR) is 89.8 cm³/mol. The summed E-state index contributed by atoms with van der Waals surface area (Å²) in [5.41, 5.74) is -3.22. The Labute approximate surface area is 147 Å². The molecule has 2 atom stereocenters. The van der Waals surface area contributed by atoms with Crippen LogP contribution in [0.5, 0.6) is 0 Å². The number of halogens is 3. The Hall–Kier alpha value is -2.14. The normalized spacial score (nSPS) is 19.5. The predicted octanol–water partition coefficient (Wildman–Crippen LogP) is 1.79. The smallest absolute Gasteiger partial charge is 0.374 e. The number of alkyl halides is 3. The van der Waals surface area contributed by atoms with E-state index in [1.165, 1.54) is 6.26 Å². The molecule has 0 saturated carbocycles. The Bertz CT molecular complexity index is 977. The van der Waals surface area contributed by atoms with Crippen molar-refractivity contribution in [2.45, 2.75) is 31.5 Å². The van der Waals surface area contributed by atoms with Gasteiger partial charge in [0.2, 0.25) is 0 Å². The van der Waals surface area contributed by atoms with Gasteiger partial charge in [-0.05, 0) is 37.0 Å². The highest BCUT2D eigenvalue weighted by atomic mass is 32.2. The lowest BCUT2D eigenvalue weighted by Crippen LogP contribution is -2.41. The van der Waals surface area contributed by atoms with E-state index in [2.05, 4.69) is 9.82 Å². The molecule has 1 fully saturated rings. The molecule has 0 amide bonds. The highest BCUT2D eigenvalue weighted by Crippen LogP contribution is 2.39. The van der Waals surface area contributed by atoms with Gasteiger partial charge < -0.3 is 9.72 Å². The van der Waals surface area contributed by atoms with E-state index in [0.29, 0.717) is 24.1 Å². The molecule has 0 bridgehead atoms. The Balaban J connectivity index is 2.28. The van der Waals surface area contributed by atoms with Crippen LogP contribution in [0.2, 0.25) is 0 Å². The molecule has 1 aromatic heterocycles. The first-order chi connectivity index (χ1) is 12.2. The second-order valence-corrected chi connectivity index (χ2v) is 7.04. The highest BCUT2D eigenvalue weighted by Gasteiger charge is 2.37. The summed E-state index contributed by atoms with van der Waals surface area (Å²) in [6, 6.07) is 1.85. The number of hydrogen-bond acceptors (Lipinski definition) is 4. The average Bonchev–Trinajstić information content (AvgIpc) is 2.57. The number of H-pyrrole nitrogens is 1. The summed E-state index contributed by atoms with van der Waals surface area (Å²) in [5, 5.41) is -0.125. The molecule has 142 valence electrons. The van der Waals surface area contributed by atoms with E-state index in [1.807, 2.05) is 0 Å². The minimum absolute atomic E-state index is 0.125. The van der Waals surface area contributed by atoms with E-state index in [0.717, 1.165) is 18.6 Å². The highest BCUT2D eigenvalue weighted by molar-refractivity contribution is 7.85. The summed E-state index contributed by atoms with van der Waals surface area (Å²) in [4.78, 5) is 28.8. The van der Waals surface area contributed by atoms with Crippen LogP contribution in [0, 0.1) is 0 Å². The number of aromatic amines is 1. The zero-order valence-electron chi connectivity index (χ0n) is 13.7. The van der Waals surface area contributed by atoms with Crippen LogP contribution in [0.25, 0.3) is 10.9 Å². The molecule has 1 aromatic carbocycles. The van der Waals surface area contributed by atoms with Crippen molar-refractivity contribution in [2.24, 2.45) is 0 Å². The summed E-state index contributed by atoms with van der Waals surface area (Å²) < 4.78 is 57.7. The van der Waals surface area contributed by atoms with Gasteiger partial charge in [0.05, 0.1) is 22.6 Å². The fourth-order valence-electron chi connectivity index (χ4n) is 2.99. The van der Waals surface area contributed by atoms with Crippen molar-refractivity contribution in [3.8, 4) is 0 Å². The molecular weight excluding hydrogens is 375 g/mol. The van der Waals surface area contributed by atoms with Crippen LogP contribution in [0.4, 0.5) is 13.2 Å². The number of rotatable bonds is 3. The average molecular weight is 391 g/mol. The third-order valence-corrected chi connectivity index (χ3v) is 4.56. The van der Waals surface area contributed by atoms with Gasteiger partial charge in [-0.3, -0.25) is 4.79 Å². The maximum Gasteiger partial charge on any atom is 0.416 e. The lowest BCUT2D eigenvalue weighted by atomic mass is 9.94. The molecule has 1 aliphatic rings. The van der Waals surface area contributed by atoms with E-state index < -0.39 is 40.1 Å². The van der Waals surface area contributed by atoms with Crippen LogP contribution in [0.3, 0.4) is 0 Å². The second-order valence-electron chi connectivity index (χ2n) is 5.95. The largest absolute Gasteiger partial charge is 0.416 e. The van der Waals surface area contributed by atoms with Crippen molar-refractivity contribution in [3.05, 3.63) is 44.1 Å². The van der Waals surface area contributed by atoms with Crippen LogP contribution >= 0.6 is 0 Å². The monoisotopic (exact) mass is 391 g/mol. The van der Waals surface area contributed by atoms with Gasteiger partial charge in [-0.1, -0.05) is 0 Å². The summed E-state index contributed by atoms with van der Waals surface area (Å²) in [5.74, 6) is 0. The molecule has 7 nitrogen and oxygen atoms in total. The molecule has 2 unspecified atom stereocenters. The Kier molecular flexibility index (Phi) is 4.93. The summed E-state index contributed by atoms with van der Waals surface area (Å²) in [6.45, 7) is 0.340. The van der Waals surface area contributed by atoms with Crippen LogP contribution in [-0.2, 0) is 21.9 Å².